The highest BCUT2D eigenvalue weighted by Gasteiger charge is 2.30. The summed E-state index contributed by atoms with van der Waals surface area (Å²) >= 11 is 0. The van der Waals surface area contributed by atoms with Gasteiger partial charge in [0.2, 0.25) is 0 Å². The summed E-state index contributed by atoms with van der Waals surface area (Å²) in [6, 6.07) is 67.0. The first-order valence-electron chi connectivity index (χ1n) is 18.9. The van der Waals surface area contributed by atoms with E-state index in [1.807, 2.05) is 12.1 Å². The Labute approximate surface area is 318 Å². The van der Waals surface area contributed by atoms with Gasteiger partial charge in [-0.3, -0.25) is 5.32 Å². The molecule has 0 amide bonds. The van der Waals surface area contributed by atoms with Crippen molar-refractivity contribution >= 4 is 60.1 Å². The fourth-order valence-corrected chi connectivity index (χ4v) is 8.64. The normalized spacial score (nSPS) is 15.8. The van der Waals surface area contributed by atoms with Gasteiger partial charge in [-0.2, -0.15) is 0 Å². The summed E-state index contributed by atoms with van der Waals surface area (Å²) in [5.41, 5.74) is 9.92. The highest BCUT2D eigenvalue weighted by molar-refractivity contribution is 6.20. The number of para-hydroxylation sites is 1. The third-order valence-corrected chi connectivity index (χ3v) is 11.2. The van der Waals surface area contributed by atoms with E-state index in [9.17, 15) is 0 Å². The average Bonchev–Trinajstić information content (AvgIpc) is 3.65. The second-order valence-corrected chi connectivity index (χ2v) is 14.3. The molecule has 2 unspecified atom stereocenters. The maximum Gasteiger partial charge on any atom is 0.143 e. The number of aliphatic imine (C=N–C) groups is 1. The molecule has 0 saturated carbocycles. The van der Waals surface area contributed by atoms with E-state index in [1.165, 1.54) is 43.6 Å². The molecule has 1 aliphatic rings. The van der Waals surface area contributed by atoms with Crippen LogP contribution in [0.2, 0.25) is 0 Å². The minimum absolute atomic E-state index is 0.245. The van der Waals surface area contributed by atoms with Gasteiger partial charge in [0.25, 0.3) is 0 Å². The predicted octanol–water partition coefficient (Wildman–Crippen LogP) is 12.7. The van der Waals surface area contributed by atoms with Crippen molar-refractivity contribution in [3.8, 4) is 22.3 Å². The standard InChI is InChI=1S/C51H35N3O/c1-3-15-34(16-4-1)49-52-50(35-17-5-2-6-18-35)54-51(53-49)47-41-24-11-8-20-37(41)36-19-7-10-23-40(36)46(47)33-29-27-32(28-30-33)43-31-44-39-22-13-14-26-45(39)55-48(44)42-25-12-9-21-38(42)43/h1-31,49,51,53H,(H,52,54). The second kappa shape index (κ2) is 12.8. The highest BCUT2D eigenvalue weighted by atomic mass is 16.3. The molecule has 0 aliphatic carbocycles. The lowest BCUT2D eigenvalue weighted by atomic mass is 9.85. The lowest BCUT2D eigenvalue weighted by molar-refractivity contribution is 0.412. The molecular weight excluding hydrogens is 671 g/mol. The van der Waals surface area contributed by atoms with Crippen LogP contribution in [0, 0.1) is 0 Å². The van der Waals surface area contributed by atoms with Gasteiger partial charge in [-0.1, -0.05) is 176 Å². The molecular formula is C51H35N3O. The van der Waals surface area contributed by atoms with Crippen LogP contribution < -0.4 is 10.6 Å². The number of hydrogen-bond acceptors (Lipinski definition) is 4. The van der Waals surface area contributed by atoms with E-state index in [4.69, 9.17) is 9.41 Å². The number of hydrogen-bond donors (Lipinski definition) is 2. The van der Waals surface area contributed by atoms with Gasteiger partial charge in [-0.05, 0) is 66.9 Å². The monoisotopic (exact) mass is 705 g/mol. The molecule has 0 saturated heterocycles. The molecule has 4 nitrogen and oxygen atoms in total. The number of nitrogens with one attached hydrogen (secondary N) is 2. The smallest absolute Gasteiger partial charge is 0.143 e. The number of rotatable bonds is 5. The number of furan rings is 1. The highest BCUT2D eigenvalue weighted by Crippen LogP contribution is 2.44. The summed E-state index contributed by atoms with van der Waals surface area (Å²) in [7, 11) is 0. The number of fused-ring (bicyclic) bond motifs is 8. The zero-order chi connectivity index (χ0) is 36.3. The van der Waals surface area contributed by atoms with E-state index in [0.717, 1.165) is 55.4 Å². The van der Waals surface area contributed by atoms with Crippen LogP contribution in [-0.4, -0.2) is 5.84 Å². The summed E-state index contributed by atoms with van der Waals surface area (Å²) in [5.74, 6) is 0.866. The van der Waals surface area contributed by atoms with Gasteiger partial charge in [0.15, 0.2) is 0 Å². The van der Waals surface area contributed by atoms with E-state index in [0.29, 0.717) is 0 Å². The molecule has 4 heteroatoms. The molecule has 0 bridgehead atoms. The SMILES string of the molecule is c1ccc(C2=NC(c3ccccc3)NC(c3c(-c4ccc(-c5cc6c7ccccc7oc6c6ccccc56)cc4)c4ccccc4c4ccccc34)N2)cc1. The van der Waals surface area contributed by atoms with Crippen LogP contribution in [0.3, 0.4) is 0 Å². The van der Waals surface area contributed by atoms with Gasteiger partial charge in [-0.15, -0.1) is 0 Å². The molecule has 0 radical (unpaired) electrons. The molecule has 0 fully saturated rings. The van der Waals surface area contributed by atoms with E-state index < -0.39 is 0 Å². The fourth-order valence-electron chi connectivity index (χ4n) is 8.64. The van der Waals surface area contributed by atoms with Crippen molar-refractivity contribution in [2.45, 2.75) is 12.3 Å². The number of amidine groups is 1. The first-order valence-corrected chi connectivity index (χ1v) is 18.9. The van der Waals surface area contributed by atoms with Crippen LogP contribution in [0.25, 0.3) is 76.5 Å². The van der Waals surface area contributed by atoms with Crippen molar-refractivity contribution in [2.24, 2.45) is 4.99 Å². The van der Waals surface area contributed by atoms with Crippen LogP contribution in [0.5, 0.6) is 0 Å². The molecule has 1 aromatic heterocycles. The fraction of sp³-hybridized carbons (Fsp3) is 0.0392. The van der Waals surface area contributed by atoms with Gasteiger partial charge in [-0.25, -0.2) is 4.99 Å². The molecule has 2 N–H and O–H groups in total. The Kier molecular flexibility index (Phi) is 7.35. The van der Waals surface area contributed by atoms with Gasteiger partial charge in [0.1, 0.15) is 29.3 Å². The minimum Gasteiger partial charge on any atom is -0.455 e. The summed E-state index contributed by atoms with van der Waals surface area (Å²) in [6.45, 7) is 0. The maximum absolute atomic E-state index is 6.43. The minimum atomic E-state index is -0.247. The Balaban J connectivity index is 1.12. The van der Waals surface area contributed by atoms with Crippen molar-refractivity contribution in [1.82, 2.24) is 10.6 Å². The van der Waals surface area contributed by atoms with Gasteiger partial charge < -0.3 is 9.73 Å². The van der Waals surface area contributed by atoms with E-state index >= 15 is 0 Å². The molecule has 11 rings (SSSR count). The van der Waals surface area contributed by atoms with Crippen LogP contribution in [0.4, 0.5) is 0 Å². The van der Waals surface area contributed by atoms with E-state index in [1.54, 1.807) is 0 Å². The third-order valence-electron chi connectivity index (χ3n) is 11.2. The van der Waals surface area contributed by atoms with E-state index in [-0.39, 0.29) is 12.3 Å². The van der Waals surface area contributed by atoms with Crippen LogP contribution in [0.15, 0.2) is 197 Å². The Hall–Kier alpha value is -7.01. The summed E-state index contributed by atoms with van der Waals surface area (Å²) in [4.78, 5) is 5.24. The molecule has 55 heavy (non-hydrogen) atoms. The van der Waals surface area contributed by atoms with Crippen molar-refractivity contribution in [3.05, 3.63) is 205 Å². The van der Waals surface area contributed by atoms with Crippen molar-refractivity contribution in [2.75, 3.05) is 0 Å². The molecule has 1 aliphatic heterocycles. The van der Waals surface area contributed by atoms with Crippen molar-refractivity contribution < 1.29 is 4.42 Å². The lowest BCUT2D eigenvalue weighted by Crippen LogP contribution is -2.45. The van der Waals surface area contributed by atoms with Crippen LogP contribution in [-0.2, 0) is 0 Å². The Morgan fingerprint density at radius 3 is 1.75 bits per heavy atom. The molecule has 9 aromatic carbocycles. The molecule has 260 valence electrons. The predicted molar refractivity (Wildman–Crippen MR) is 228 cm³/mol. The summed E-state index contributed by atoms with van der Waals surface area (Å²) in [5, 5.41) is 17.2. The summed E-state index contributed by atoms with van der Waals surface area (Å²) < 4.78 is 6.43. The van der Waals surface area contributed by atoms with Gasteiger partial charge in [0.05, 0.1) is 0 Å². The van der Waals surface area contributed by atoms with Crippen LogP contribution in [0.1, 0.15) is 29.0 Å². The topological polar surface area (TPSA) is 49.6 Å². The summed E-state index contributed by atoms with van der Waals surface area (Å²) in [6.07, 6.45) is -0.492. The lowest BCUT2D eigenvalue weighted by Gasteiger charge is -2.34. The molecule has 10 aromatic rings. The molecule has 0 spiro atoms. The number of nitrogens with zero attached hydrogens (tertiary/aromatic N) is 1. The van der Waals surface area contributed by atoms with E-state index in [2.05, 4.69) is 187 Å². The molecule has 2 heterocycles. The Bertz CT molecular complexity index is 3090. The zero-order valence-corrected chi connectivity index (χ0v) is 29.9. The third kappa shape index (κ3) is 5.22. The Morgan fingerprint density at radius 2 is 1.00 bits per heavy atom. The first kappa shape index (κ1) is 31.5. The Morgan fingerprint density at radius 1 is 0.436 bits per heavy atom. The zero-order valence-electron chi connectivity index (χ0n) is 29.9. The van der Waals surface area contributed by atoms with Crippen molar-refractivity contribution in [1.29, 1.82) is 0 Å². The number of benzene rings is 9. The van der Waals surface area contributed by atoms with Crippen LogP contribution >= 0.6 is 0 Å². The first-order chi connectivity index (χ1) is 27.3. The largest absolute Gasteiger partial charge is 0.455 e. The maximum atomic E-state index is 6.43. The van der Waals surface area contributed by atoms with Gasteiger partial charge in [0, 0.05) is 27.3 Å². The molecule has 2 atom stereocenters. The second-order valence-electron chi connectivity index (χ2n) is 14.3. The van der Waals surface area contributed by atoms with Crippen molar-refractivity contribution in [3.63, 3.8) is 0 Å². The van der Waals surface area contributed by atoms with Gasteiger partial charge >= 0.3 is 0 Å². The quantitative estimate of drug-likeness (QED) is 0.175. The average molecular weight is 706 g/mol.